The number of hydrogen-bond donors (Lipinski definition) is 2. The summed E-state index contributed by atoms with van der Waals surface area (Å²) in [7, 11) is 0. The summed E-state index contributed by atoms with van der Waals surface area (Å²) in [6.07, 6.45) is 6.09. The normalized spacial score (nSPS) is 14.0. The van der Waals surface area contributed by atoms with Gasteiger partial charge in [0.05, 0.1) is 5.52 Å². The smallest absolute Gasteiger partial charge is 0.339 e. The SMILES string of the molecule is CCn1ccc2ccc(Nc3ncc(C4CC4)cc3C(=O)O)cc21. The summed E-state index contributed by atoms with van der Waals surface area (Å²) < 4.78 is 2.16. The minimum Gasteiger partial charge on any atom is -0.478 e. The van der Waals surface area contributed by atoms with E-state index in [-0.39, 0.29) is 5.56 Å². The van der Waals surface area contributed by atoms with Gasteiger partial charge < -0.3 is 15.0 Å². The van der Waals surface area contributed by atoms with Crippen molar-refractivity contribution < 1.29 is 9.90 Å². The molecule has 0 atom stereocenters. The van der Waals surface area contributed by atoms with Gasteiger partial charge in [0.2, 0.25) is 0 Å². The van der Waals surface area contributed by atoms with Crippen LogP contribution in [0.1, 0.15) is 41.6 Å². The molecule has 0 bridgehead atoms. The second-order valence-electron chi connectivity index (χ2n) is 6.24. The lowest BCUT2D eigenvalue weighted by molar-refractivity contribution is 0.0697. The van der Waals surface area contributed by atoms with Gasteiger partial charge in [-0.05, 0) is 60.9 Å². The van der Waals surface area contributed by atoms with Crippen LogP contribution in [-0.4, -0.2) is 20.6 Å². The van der Waals surface area contributed by atoms with Gasteiger partial charge in [-0.1, -0.05) is 6.07 Å². The number of pyridine rings is 1. The molecule has 0 unspecified atom stereocenters. The van der Waals surface area contributed by atoms with Gasteiger partial charge in [0, 0.05) is 24.6 Å². The second-order valence-corrected chi connectivity index (χ2v) is 6.24. The van der Waals surface area contributed by atoms with E-state index in [0.29, 0.717) is 11.7 Å². The predicted molar refractivity (Wildman–Crippen MR) is 94.1 cm³/mol. The van der Waals surface area contributed by atoms with E-state index < -0.39 is 5.97 Å². The molecule has 1 aromatic carbocycles. The molecule has 1 saturated carbocycles. The first-order valence-corrected chi connectivity index (χ1v) is 8.25. The van der Waals surface area contributed by atoms with Crippen LogP contribution in [0.4, 0.5) is 11.5 Å². The summed E-state index contributed by atoms with van der Waals surface area (Å²) in [5.41, 5.74) is 3.21. The molecule has 0 spiro atoms. The van der Waals surface area contributed by atoms with Gasteiger partial charge >= 0.3 is 5.97 Å². The molecule has 2 N–H and O–H groups in total. The Morgan fingerprint density at radius 2 is 2.17 bits per heavy atom. The van der Waals surface area contributed by atoms with Gasteiger partial charge in [0.1, 0.15) is 11.4 Å². The van der Waals surface area contributed by atoms with Crippen molar-refractivity contribution in [1.29, 1.82) is 0 Å². The number of hydrogen-bond acceptors (Lipinski definition) is 3. The van der Waals surface area contributed by atoms with Crippen molar-refractivity contribution in [3.63, 3.8) is 0 Å². The average Bonchev–Trinajstić information content (AvgIpc) is 3.35. The fourth-order valence-corrected chi connectivity index (χ4v) is 3.06. The van der Waals surface area contributed by atoms with Crippen molar-refractivity contribution in [3.8, 4) is 0 Å². The van der Waals surface area contributed by atoms with Crippen molar-refractivity contribution in [2.75, 3.05) is 5.32 Å². The van der Waals surface area contributed by atoms with E-state index in [4.69, 9.17) is 0 Å². The molecule has 0 amide bonds. The molecule has 122 valence electrons. The van der Waals surface area contributed by atoms with Crippen LogP contribution in [0.2, 0.25) is 0 Å². The minimum atomic E-state index is -0.953. The van der Waals surface area contributed by atoms with Crippen LogP contribution in [0.25, 0.3) is 10.9 Å². The fraction of sp³-hybridized carbons (Fsp3) is 0.263. The monoisotopic (exact) mass is 321 g/mol. The molecule has 1 fully saturated rings. The largest absolute Gasteiger partial charge is 0.478 e. The number of carboxylic acids is 1. The third-order valence-corrected chi connectivity index (χ3v) is 4.57. The Balaban J connectivity index is 1.70. The van der Waals surface area contributed by atoms with E-state index in [0.717, 1.165) is 41.5 Å². The van der Waals surface area contributed by atoms with Crippen LogP contribution < -0.4 is 5.32 Å². The highest BCUT2D eigenvalue weighted by Crippen LogP contribution is 2.40. The highest BCUT2D eigenvalue weighted by Gasteiger charge is 2.25. The molecule has 2 aromatic heterocycles. The third-order valence-electron chi connectivity index (χ3n) is 4.57. The molecule has 4 rings (SSSR count). The molecular weight excluding hydrogens is 302 g/mol. The topological polar surface area (TPSA) is 67.2 Å². The van der Waals surface area contributed by atoms with Gasteiger partial charge in [0.25, 0.3) is 0 Å². The molecule has 1 aliphatic carbocycles. The van der Waals surface area contributed by atoms with Crippen LogP contribution in [0, 0.1) is 0 Å². The Kier molecular flexibility index (Phi) is 3.49. The summed E-state index contributed by atoms with van der Waals surface area (Å²) in [5.74, 6) is -0.0832. The predicted octanol–water partition coefficient (Wildman–Crippen LogP) is 4.38. The Labute approximate surface area is 139 Å². The van der Waals surface area contributed by atoms with Crippen LogP contribution in [0.15, 0.2) is 42.7 Å². The van der Waals surface area contributed by atoms with Gasteiger partial charge in [-0.3, -0.25) is 0 Å². The zero-order chi connectivity index (χ0) is 16.7. The van der Waals surface area contributed by atoms with E-state index in [2.05, 4.69) is 34.1 Å². The fourth-order valence-electron chi connectivity index (χ4n) is 3.06. The quantitative estimate of drug-likeness (QED) is 0.732. The number of fused-ring (bicyclic) bond motifs is 1. The molecule has 0 saturated heterocycles. The Bertz CT molecular complexity index is 926. The average molecular weight is 321 g/mol. The van der Waals surface area contributed by atoms with E-state index in [9.17, 15) is 9.90 Å². The molecular formula is C19H19N3O2. The molecule has 5 nitrogen and oxygen atoms in total. The Hall–Kier alpha value is -2.82. The van der Waals surface area contributed by atoms with E-state index in [1.807, 2.05) is 18.2 Å². The summed E-state index contributed by atoms with van der Waals surface area (Å²) in [6, 6.07) is 9.84. The zero-order valence-electron chi connectivity index (χ0n) is 13.5. The molecule has 2 heterocycles. The minimum absolute atomic E-state index is 0.227. The zero-order valence-corrected chi connectivity index (χ0v) is 13.5. The maximum Gasteiger partial charge on any atom is 0.339 e. The molecule has 0 aliphatic heterocycles. The summed E-state index contributed by atoms with van der Waals surface area (Å²) in [6.45, 7) is 2.99. The van der Waals surface area contributed by atoms with Crippen LogP contribution in [0.3, 0.4) is 0 Å². The number of aromatic carboxylic acids is 1. The third kappa shape index (κ3) is 2.62. The van der Waals surface area contributed by atoms with E-state index in [1.54, 1.807) is 12.3 Å². The van der Waals surface area contributed by atoms with Crippen LogP contribution in [0.5, 0.6) is 0 Å². The summed E-state index contributed by atoms with van der Waals surface area (Å²) in [5, 5.41) is 13.8. The highest BCUT2D eigenvalue weighted by atomic mass is 16.4. The lowest BCUT2D eigenvalue weighted by Gasteiger charge is -2.11. The van der Waals surface area contributed by atoms with Crippen molar-refractivity contribution in [1.82, 2.24) is 9.55 Å². The Morgan fingerprint density at radius 3 is 2.88 bits per heavy atom. The standard InChI is InChI=1S/C19H19N3O2/c1-2-22-8-7-13-5-6-15(10-17(13)22)21-18-16(19(23)24)9-14(11-20-18)12-3-4-12/h5-12H,2-4H2,1H3,(H,20,21)(H,23,24). The van der Waals surface area contributed by atoms with E-state index in [1.165, 1.54) is 0 Å². The number of benzene rings is 1. The lowest BCUT2D eigenvalue weighted by atomic mass is 10.1. The molecule has 0 radical (unpaired) electrons. The van der Waals surface area contributed by atoms with Gasteiger partial charge in [0.15, 0.2) is 0 Å². The second kappa shape index (κ2) is 5.67. The lowest BCUT2D eigenvalue weighted by Crippen LogP contribution is -2.06. The van der Waals surface area contributed by atoms with Crippen LogP contribution in [-0.2, 0) is 6.54 Å². The maximum absolute atomic E-state index is 11.6. The first-order valence-electron chi connectivity index (χ1n) is 8.25. The first-order chi connectivity index (χ1) is 11.7. The maximum atomic E-state index is 11.6. The molecule has 5 heteroatoms. The summed E-state index contributed by atoms with van der Waals surface area (Å²) >= 11 is 0. The Morgan fingerprint density at radius 1 is 1.33 bits per heavy atom. The number of aromatic nitrogens is 2. The van der Waals surface area contributed by atoms with Crippen LogP contribution >= 0.6 is 0 Å². The number of nitrogens with zero attached hydrogens (tertiary/aromatic N) is 2. The number of aryl methyl sites for hydroxylation is 1. The van der Waals surface area contributed by atoms with Gasteiger partial charge in [-0.15, -0.1) is 0 Å². The molecule has 1 aliphatic rings. The van der Waals surface area contributed by atoms with Crippen molar-refractivity contribution >= 4 is 28.4 Å². The number of carboxylic acid groups (broad SMARTS) is 1. The van der Waals surface area contributed by atoms with Crippen molar-refractivity contribution in [2.45, 2.75) is 32.2 Å². The van der Waals surface area contributed by atoms with Gasteiger partial charge in [-0.25, -0.2) is 9.78 Å². The number of nitrogens with one attached hydrogen (secondary N) is 1. The van der Waals surface area contributed by atoms with Gasteiger partial charge in [-0.2, -0.15) is 0 Å². The number of carbonyl (C=O) groups is 1. The molecule has 3 aromatic rings. The number of rotatable bonds is 5. The number of anilines is 2. The summed E-state index contributed by atoms with van der Waals surface area (Å²) in [4.78, 5) is 16.0. The first kappa shape index (κ1) is 14.8. The van der Waals surface area contributed by atoms with Crippen molar-refractivity contribution in [3.05, 3.63) is 53.9 Å². The van der Waals surface area contributed by atoms with Crippen molar-refractivity contribution in [2.24, 2.45) is 0 Å². The molecule has 24 heavy (non-hydrogen) atoms. The highest BCUT2D eigenvalue weighted by molar-refractivity contribution is 5.94. The van der Waals surface area contributed by atoms with E-state index >= 15 is 0 Å².